The van der Waals surface area contributed by atoms with E-state index in [1.165, 1.54) is 0 Å². The van der Waals surface area contributed by atoms with E-state index in [1.54, 1.807) is 6.92 Å². The highest BCUT2D eigenvalue weighted by Crippen LogP contribution is 2.14. The number of carboxylic acid groups (broad SMARTS) is 1. The summed E-state index contributed by atoms with van der Waals surface area (Å²) in [5, 5.41) is 27.8. The van der Waals surface area contributed by atoms with Gasteiger partial charge in [0.05, 0.1) is 19.8 Å². The first-order valence-electron chi connectivity index (χ1n) is 8.57. The number of ether oxygens (including phenoxy) is 1. The van der Waals surface area contributed by atoms with Gasteiger partial charge in [-0.05, 0) is 32.6 Å². The Morgan fingerprint density at radius 1 is 1.09 bits per heavy atom. The summed E-state index contributed by atoms with van der Waals surface area (Å²) in [5.74, 6) is -0.922. The van der Waals surface area contributed by atoms with Crippen molar-refractivity contribution in [3.05, 3.63) is 12.2 Å². The number of unbranched alkanes of at least 4 members (excludes halogenated alkanes) is 2. The second kappa shape index (κ2) is 13.5. The van der Waals surface area contributed by atoms with Crippen molar-refractivity contribution >= 4 is 5.97 Å². The average Bonchev–Trinajstić information content (AvgIpc) is 2.52. The molecule has 0 fully saturated rings. The monoisotopic (exact) mass is 332 g/mol. The minimum atomic E-state index is -0.922. The van der Waals surface area contributed by atoms with Gasteiger partial charge in [0, 0.05) is 6.61 Å². The summed E-state index contributed by atoms with van der Waals surface area (Å²) >= 11 is 0. The van der Waals surface area contributed by atoms with Gasteiger partial charge in [0.1, 0.15) is 19.6 Å². The van der Waals surface area contributed by atoms with Gasteiger partial charge in [0.15, 0.2) is 6.04 Å². The van der Waals surface area contributed by atoms with Gasteiger partial charge in [0.25, 0.3) is 0 Å². The molecule has 0 rings (SSSR count). The van der Waals surface area contributed by atoms with Gasteiger partial charge >= 0.3 is 5.97 Å². The highest BCUT2D eigenvalue weighted by molar-refractivity contribution is 5.71. The normalized spacial score (nSPS) is 13.6. The van der Waals surface area contributed by atoms with Crippen LogP contribution in [0.5, 0.6) is 0 Å². The lowest BCUT2D eigenvalue weighted by atomic mass is 10.2. The van der Waals surface area contributed by atoms with E-state index in [1.807, 2.05) is 0 Å². The quantitative estimate of drug-likeness (QED) is 0.240. The molecule has 0 amide bonds. The van der Waals surface area contributed by atoms with E-state index in [0.717, 1.165) is 25.7 Å². The van der Waals surface area contributed by atoms with E-state index in [2.05, 4.69) is 19.1 Å². The van der Waals surface area contributed by atoms with Gasteiger partial charge in [-0.2, -0.15) is 0 Å². The molecule has 0 saturated heterocycles. The summed E-state index contributed by atoms with van der Waals surface area (Å²) < 4.78 is 5.76. The lowest BCUT2D eigenvalue weighted by molar-refractivity contribution is -0.942. The molecule has 1 unspecified atom stereocenters. The number of aliphatic carboxylic acids is 1. The number of hydrogen-bond acceptors (Lipinski definition) is 4. The molecule has 0 aromatic rings. The smallest absolute Gasteiger partial charge is 0.362 e. The van der Waals surface area contributed by atoms with Crippen molar-refractivity contribution in [1.82, 2.24) is 0 Å². The third-order valence-electron chi connectivity index (χ3n) is 4.26. The zero-order valence-electron chi connectivity index (χ0n) is 14.6. The van der Waals surface area contributed by atoms with Gasteiger partial charge in [-0.15, -0.1) is 0 Å². The van der Waals surface area contributed by atoms with Gasteiger partial charge in [-0.1, -0.05) is 19.1 Å². The summed E-state index contributed by atoms with van der Waals surface area (Å²) in [5.41, 5.74) is 0. The van der Waals surface area contributed by atoms with Crippen molar-refractivity contribution in [2.24, 2.45) is 0 Å². The minimum absolute atomic E-state index is 0.110. The maximum absolute atomic E-state index is 11.3. The van der Waals surface area contributed by atoms with Crippen LogP contribution in [-0.2, 0) is 9.53 Å². The molecular formula is C17H34NO5+. The van der Waals surface area contributed by atoms with Gasteiger partial charge in [-0.25, -0.2) is 4.79 Å². The maximum atomic E-state index is 11.3. The molecule has 6 heteroatoms. The summed E-state index contributed by atoms with van der Waals surface area (Å²) in [4.78, 5) is 11.3. The third kappa shape index (κ3) is 9.05. The lowest BCUT2D eigenvalue weighted by Gasteiger charge is -2.40. The van der Waals surface area contributed by atoms with Crippen LogP contribution in [0.4, 0.5) is 0 Å². The zero-order valence-corrected chi connectivity index (χ0v) is 14.6. The SMILES string of the molecule is CC/C=C/CCCCOCC[N+](CCO)(CCO)C(C)C(=O)O. The fraction of sp³-hybridized carbons (Fsp3) is 0.824. The third-order valence-corrected chi connectivity index (χ3v) is 4.26. The number of allylic oxidation sites excluding steroid dienone is 2. The molecule has 0 aliphatic heterocycles. The van der Waals surface area contributed by atoms with E-state index < -0.39 is 12.0 Å². The van der Waals surface area contributed by atoms with Crippen LogP contribution in [0.3, 0.4) is 0 Å². The number of aliphatic hydroxyl groups excluding tert-OH is 2. The zero-order chi connectivity index (χ0) is 17.6. The molecular weight excluding hydrogens is 298 g/mol. The molecule has 0 aromatic carbocycles. The fourth-order valence-electron chi connectivity index (χ4n) is 2.65. The predicted molar refractivity (Wildman–Crippen MR) is 90.2 cm³/mol. The molecule has 0 radical (unpaired) electrons. The van der Waals surface area contributed by atoms with Crippen molar-refractivity contribution in [3.8, 4) is 0 Å². The molecule has 136 valence electrons. The van der Waals surface area contributed by atoms with Crippen LogP contribution in [0.1, 0.15) is 39.5 Å². The van der Waals surface area contributed by atoms with E-state index in [4.69, 9.17) is 4.74 Å². The second-order valence-corrected chi connectivity index (χ2v) is 5.84. The first-order chi connectivity index (χ1) is 11.0. The number of nitrogens with zero attached hydrogens (tertiary/aromatic N) is 1. The average molecular weight is 332 g/mol. The number of aliphatic hydroxyl groups is 2. The predicted octanol–water partition coefficient (Wildman–Crippen LogP) is 1.41. The van der Waals surface area contributed by atoms with Crippen LogP contribution in [0, 0.1) is 0 Å². The van der Waals surface area contributed by atoms with Gasteiger partial charge < -0.3 is 24.5 Å². The summed E-state index contributed by atoms with van der Waals surface area (Å²) in [7, 11) is 0. The molecule has 0 saturated carbocycles. The number of quaternary nitrogens is 1. The Labute approximate surface area is 140 Å². The largest absolute Gasteiger partial charge is 0.477 e. The van der Waals surface area contributed by atoms with Crippen LogP contribution in [0.25, 0.3) is 0 Å². The van der Waals surface area contributed by atoms with Crippen LogP contribution >= 0.6 is 0 Å². The van der Waals surface area contributed by atoms with Crippen molar-refractivity contribution in [1.29, 1.82) is 0 Å². The number of rotatable bonds is 15. The second-order valence-electron chi connectivity index (χ2n) is 5.84. The van der Waals surface area contributed by atoms with Crippen LogP contribution in [0.2, 0.25) is 0 Å². The Bertz CT molecular complexity index is 327. The van der Waals surface area contributed by atoms with Gasteiger partial charge in [-0.3, -0.25) is 0 Å². The molecule has 3 N–H and O–H groups in total. The molecule has 0 aliphatic carbocycles. The first-order valence-corrected chi connectivity index (χ1v) is 8.57. The Kier molecular flexibility index (Phi) is 12.9. The van der Waals surface area contributed by atoms with E-state index in [-0.39, 0.29) is 17.7 Å². The highest BCUT2D eigenvalue weighted by atomic mass is 16.5. The Morgan fingerprint density at radius 2 is 1.74 bits per heavy atom. The molecule has 0 aliphatic rings. The van der Waals surface area contributed by atoms with Crippen molar-refractivity contribution in [2.75, 3.05) is 46.1 Å². The topological polar surface area (TPSA) is 87.0 Å². The molecule has 23 heavy (non-hydrogen) atoms. The van der Waals surface area contributed by atoms with Gasteiger partial charge in [0.2, 0.25) is 0 Å². The molecule has 6 nitrogen and oxygen atoms in total. The first kappa shape index (κ1) is 22.1. The Balaban J connectivity index is 4.23. The highest BCUT2D eigenvalue weighted by Gasteiger charge is 2.37. The van der Waals surface area contributed by atoms with Crippen molar-refractivity contribution in [2.45, 2.75) is 45.6 Å². The number of hydrogen-bond donors (Lipinski definition) is 3. The van der Waals surface area contributed by atoms with Crippen molar-refractivity contribution in [3.63, 3.8) is 0 Å². The van der Waals surface area contributed by atoms with Crippen LogP contribution in [0.15, 0.2) is 12.2 Å². The standard InChI is InChI=1S/C17H33NO5/c1-3-4-5-6-7-8-14-23-15-11-18(9-12-19,10-13-20)16(2)17(21)22/h4-5,16,19-20H,3,6-15H2,1-2H3/p+1/b5-4+. The maximum Gasteiger partial charge on any atom is 0.362 e. The molecule has 1 atom stereocenters. The lowest BCUT2D eigenvalue weighted by Crippen LogP contribution is -2.61. The molecule has 0 bridgehead atoms. The van der Waals surface area contributed by atoms with Crippen molar-refractivity contribution < 1.29 is 29.3 Å². The number of carboxylic acids is 1. The summed E-state index contributed by atoms with van der Waals surface area (Å²) in [6, 6.07) is -0.683. The molecule has 0 heterocycles. The minimum Gasteiger partial charge on any atom is -0.477 e. The molecule has 0 aromatic heterocycles. The van der Waals surface area contributed by atoms with Crippen LogP contribution < -0.4 is 0 Å². The molecule has 0 spiro atoms. The van der Waals surface area contributed by atoms with Crippen LogP contribution in [-0.4, -0.2) is 77.9 Å². The van der Waals surface area contributed by atoms with E-state index in [0.29, 0.717) is 32.8 Å². The Hall–Kier alpha value is -0.950. The number of carbonyl (C=O) groups is 1. The fourth-order valence-corrected chi connectivity index (χ4v) is 2.65. The Morgan fingerprint density at radius 3 is 2.26 bits per heavy atom. The summed E-state index contributed by atoms with van der Waals surface area (Å²) in [6.45, 7) is 5.68. The van der Waals surface area contributed by atoms with E-state index in [9.17, 15) is 20.1 Å². The summed E-state index contributed by atoms with van der Waals surface area (Å²) in [6.07, 6.45) is 8.51. The van der Waals surface area contributed by atoms with E-state index >= 15 is 0 Å².